The molecule has 6 heteroatoms. The predicted octanol–water partition coefficient (Wildman–Crippen LogP) is 1.04. The second-order valence-corrected chi connectivity index (χ2v) is 5.77. The largest absolute Gasteiger partial charge is 0.508 e. The maximum Gasteiger partial charge on any atom is 0.242 e. The number of hydrogen-bond acceptors (Lipinski definition) is 4. The van der Waals surface area contributed by atoms with Crippen LogP contribution in [0.2, 0.25) is 0 Å². The molecule has 0 radical (unpaired) electrons. The summed E-state index contributed by atoms with van der Waals surface area (Å²) in [5, 5.41) is 15.1. The van der Waals surface area contributed by atoms with Crippen molar-refractivity contribution in [2.75, 3.05) is 12.3 Å². The van der Waals surface area contributed by atoms with Gasteiger partial charge in [0, 0.05) is 18.7 Å². The van der Waals surface area contributed by atoms with Crippen LogP contribution in [-0.4, -0.2) is 33.7 Å². The lowest BCUT2D eigenvalue weighted by Crippen LogP contribution is -2.49. The van der Waals surface area contributed by atoms with Gasteiger partial charge in [-0.2, -0.15) is 0 Å². The Morgan fingerprint density at radius 3 is 2.83 bits per heavy atom. The van der Waals surface area contributed by atoms with Gasteiger partial charge in [-0.3, -0.25) is 4.79 Å². The number of hydrogen-bond donors (Lipinski definition) is 3. The fraction of sp³-hybridized carbons (Fsp3) is 0.333. The van der Waals surface area contributed by atoms with Crippen molar-refractivity contribution in [1.82, 2.24) is 10.6 Å². The van der Waals surface area contributed by atoms with Crippen LogP contribution in [0.3, 0.4) is 0 Å². The number of amides is 1. The first-order valence-corrected chi connectivity index (χ1v) is 7.03. The van der Waals surface area contributed by atoms with Crippen molar-refractivity contribution in [3.63, 3.8) is 0 Å². The van der Waals surface area contributed by atoms with Crippen LogP contribution >= 0.6 is 24.0 Å². The molecule has 1 aliphatic heterocycles. The van der Waals surface area contributed by atoms with Gasteiger partial charge in [0.1, 0.15) is 16.1 Å². The first kappa shape index (κ1) is 13.2. The lowest BCUT2D eigenvalue weighted by atomic mass is 10.1. The van der Waals surface area contributed by atoms with E-state index in [1.54, 1.807) is 24.3 Å². The van der Waals surface area contributed by atoms with Crippen LogP contribution in [0.1, 0.15) is 5.56 Å². The highest BCUT2D eigenvalue weighted by molar-refractivity contribution is 8.23. The number of phenolic OH excluding ortho intramolecular Hbond substituents is 1. The van der Waals surface area contributed by atoms with Crippen LogP contribution in [0.25, 0.3) is 0 Å². The quantitative estimate of drug-likeness (QED) is 0.708. The molecule has 0 spiro atoms. The summed E-state index contributed by atoms with van der Waals surface area (Å²) in [7, 11) is 0. The molecule has 1 heterocycles. The second-order valence-electron chi connectivity index (χ2n) is 3.99. The van der Waals surface area contributed by atoms with Crippen LogP contribution in [0.5, 0.6) is 5.75 Å². The number of carbonyl (C=O) groups excluding carboxylic acids is 1. The zero-order chi connectivity index (χ0) is 13.0. The number of thiocarbonyl (C=S) groups is 1. The molecule has 0 saturated carbocycles. The fourth-order valence-electron chi connectivity index (χ4n) is 1.70. The Morgan fingerprint density at radius 1 is 1.39 bits per heavy atom. The fourth-order valence-corrected chi connectivity index (χ4v) is 2.71. The minimum Gasteiger partial charge on any atom is -0.508 e. The summed E-state index contributed by atoms with van der Waals surface area (Å²) in [6.07, 6.45) is 0.548. The normalized spacial score (nSPS) is 20.6. The summed E-state index contributed by atoms with van der Waals surface area (Å²) in [5.74, 6) is 0.981. The van der Waals surface area contributed by atoms with Gasteiger partial charge < -0.3 is 15.7 Å². The van der Waals surface area contributed by atoms with Crippen LogP contribution in [-0.2, 0) is 11.2 Å². The molecule has 0 bridgehead atoms. The van der Waals surface area contributed by atoms with Crippen molar-refractivity contribution in [2.45, 2.75) is 12.5 Å². The average molecular weight is 282 g/mol. The summed E-state index contributed by atoms with van der Waals surface area (Å²) in [5.41, 5.74) is 0.980. The third-order valence-electron chi connectivity index (χ3n) is 2.62. The van der Waals surface area contributed by atoms with Gasteiger partial charge in [0.05, 0.1) is 0 Å². The van der Waals surface area contributed by atoms with Crippen molar-refractivity contribution in [3.8, 4) is 5.75 Å². The standard InChI is InChI=1S/C12H14N2O2S2/c15-9-3-1-8(2-4-9)7-10-11(16)13-5-6-18-12(17)14-10/h1-4,10,15H,5-7H2,(H,13,16)(H,14,17)/t10-/m0/s1. The van der Waals surface area contributed by atoms with E-state index in [-0.39, 0.29) is 17.7 Å². The van der Waals surface area contributed by atoms with Crippen molar-refractivity contribution in [3.05, 3.63) is 29.8 Å². The van der Waals surface area contributed by atoms with Gasteiger partial charge in [-0.15, -0.1) is 0 Å². The molecule has 4 nitrogen and oxygen atoms in total. The molecule has 18 heavy (non-hydrogen) atoms. The van der Waals surface area contributed by atoms with Gasteiger partial charge in [-0.1, -0.05) is 36.1 Å². The summed E-state index contributed by atoms with van der Waals surface area (Å²) >= 11 is 6.69. The second kappa shape index (κ2) is 6.06. The highest BCUT2D eigenvalue weighted by Crippen LogP contribution is 2.13. The molecule has 1 amide bonds. The van der Waals surface area contributed by atoms with E-state index in [4.69, 9.17) is 12.2 Å². The van der Waals surface area contributed by atoms with E-state index >= 15 is 0 Å². The first-order valence-electron chi connectivity index (χ1n) is 5.64. The van der Waals surface area contributed by atoms with E-state index in [0.717, 1.165) is 11.3 Å². The van der Waals surface area contributed by atoms with Gasteiger partial charge in [-0.25, -0.2) is 0 Å². The highest BCUT2D eigenvalue weighted by atomic mass is 32.2. The number of rotatable bonds is 2. The number of thioether (sulfide) groups is 1. The molecule has 1 fully saturated rings. The lowest BCUT2D eigenvalue weighted by molar-refractivity contribution is -0.122. The molecule has 0 aromatic heterocycles. The third kappa shape index (κ3) is 3.61. The van der Waals surface area contributed by atoms with Crippen molar-refractivity contribution < 1.29 is 9.90 Å². The van der Waals surface area contributed by atoms with E-state index in [9.17, 15) is 9.90 Å². The molecule has 0 aliphatic carbocycles. The molecule has 2 rings (SSSR count). The maximum absolute atomic E-state index is 11.9. The topological polar surface area (TPSA) is 61.4 Å². The molecule has 1 aliphatic rings. The van der Waals surface area contributed by atoms with E-state index in [2.05, 4.69) is 10.6 Å². The number of aromatic hydroxyl groups is 1. The number of carbonyl (C=O) groups is 1. The van der Waals surface area contributed by atoms with Gasteiger partial charge in [0.15, 0.2) is 0 Å². The summed E-state index contributed by atoms with van der Waals surface area (Å²) in [4.78, 5) is 11.9. The summed E-state index contributed by atoms with van der Waals surface area (Å²) in [6, 6.07) is 6.49. The Bertz CT molecular complexity index is 448. The number of nitrogens with one attached hydrogen (secondary N) is 2. The number of benzene rings is 1. The van der Waals surface area contributed by atoms with Gasteiger partial charge in [0.25, 0.3) is 0 Å². The van der Waals surface area contributed by atoms with Gasteiger partial charge >= 0.3 is 0 Å². The van der Waals surface area contributed by atoms with Crippen molar-refractivity contribution in [1.29, 1.82) is 0 Å². The minimum atomic E-state index is -0.352. The first-order chi connectivity index (χ1) is 8.65. The number of phenols is 1. The molecule has 96 valence electrons. The van der Waals surface area contributed by atoms with E-state index in [1.165, 1.54) is 11.8 Å². The Labute approximate surface area is 115 Å². The maximum atomic E-state index is 11.9. The smallest absolute Gasteiger partial charge is 0.242 e. The molecular formula is C12H14N2O2S2. The zero-order valence-electron chi connectivity index (χ0n) is 9.68. The van der Waals surface area contributed by atoms with E-state index < -0.39 is 0 Å². The minimum absolute atomic E-state index is 0.0364. The summed E-state index contributed by atoms with van der Waals surface area (Å²) < 4.78 is 0.661. The monoisotopic (exact) mass is 282 g/mol. The third-order valence-corrected chi connectivity index (χ3v) is 3.88. The Hall–Kier alpha value is -1.27. The average Bonchev–Trinajstić information content (AvgIpc) is 2.34. The van der Waals surface area contributed by atoms with Gasteiger partial charge in [0.2, 0.25) is 5.91 Å². The van der Waals surface area contributed by atoms with Crippen molar-refractivity contribution in [2.24, 2.45) is 0 Å². The molecule has 0 unspecified atom stereocenters. The highest BCUT2D eigenvalue weighted by Gasteiger charge is 2.21. The molecular weight excluding hydrogens is 268 g/mol. The lowest BCUT2D eigenvalue weighted by Gasteiger charge is -2.22. The van der Waals surface area contributed by atoms with E-state index in [1.807, 2.05) is 0 Å². The Balaban J connectivity index is 2.06. The molecule has 3 N–H and O–H groups in total. The Morgan fingerprint density at radius 2 is 2.11 bits per heavy atom. The van der Waals surface area contributed by atoms with Crippen LogP contribution in [0.15, 0.2) is 24.3 Å². The SMILES string of the molecule is O=C1NCCSC(=S)N[C@H]1Cc1ccc(O)cc1. The van der Waals surface area contributed by atoms with Crippen molar-refractivity contribution >= 4 is 34.2 Å². The molecule has 1 atom stereocenters. The molecule has 1 aromatic rings. The Kier molecular flexibility index (Phi) is 4.43. The zero-order valence-corrected chi connectivity index (χ0v) is 11.3. The summed E-state index contributed by atoms with van der Waals surface area (Å²) in [6.45, 7) is 0.636. The molecule has 1 aromatic carbocycles. The van der Waals surface area contributed by atoms with Crippen LogP contribution in [0, 0.1) is 0 Å². The molecule has 1 saturated heterocycles. The van der Waals surface area contributed by atoms with Gasteiger partial charge in [-0.05, 0) is 17.7 Å². The van der Waals surface area contributed by atoms with Crippen LogP contribution in [0.4, 0.5) is 0 Å². The predicted molar refractivity (Wildman–Crippen MR) is 76.8 cm³/mol. The van der Waals surface area contributed by atoms with E-state index in [0.29, 0.717) is 17.3 Å². The van der Waals surface area contributed by atoms with Crippen LogP contribution < -0.4 is 10.6 Å².